The van der Waals surface area contributed by atoms with Gasteiger partial charge in [0.25, 0.3) is 5.91 Å². The maximum absolute atomic E-state index is 12.5. The van der Waals surface area contributed by atoms with Gasteiger partial charge in [0, 0.05) is 31.7 Å². The van der Waals surface area contributed by atoms with Crippen LogP contribution < -0.4 is 5.32 Å². The Kier molecular flexibility index (Phi) is 4.01. The van der Waals surface area contributed by atoms with Crippen LogP contribution in [-0.4, -0.2) is 32.0 Å². The van der Waals surface area contributed by atoms with Crippen LogP contribution in [0.3, 0.4) is 0 Å². The number of hydrogen-bond donors (Lipinski definition) is 1. The molecule has 0 radical (unpaired) electrons. The van der Waals surface area contributed by atoms with Crippen molar-refractivity contribution in [3.63, 3.8) is 0 Å². The monoisotopic (exact) mass is 313 g/mol. The second-order valence-electron chi connectivity index (χ2n) is 5.40. The molecule has 3 heterocycles. The number of rotatable bonds is 5. The Hall–Kier alpha value is -2.83. The number of carbonyl (C=O) groups is 1. The molecular formula is C16H19N5O2. The van der Waals surface area contributed by atoms with Crippen LogP contribution in [0, 0.1) is 13.8 Å². The summed E-state index contributed by atoms with van der Waals surface area (Å²) in [6.45, 7) is 4.09. The highest BCUT2D eigenvalue weighted by molar-refractivity contribution is 5.96. The van der Waals surface area contributed by atoms with Gasteiger partial charge in [-0.15, -0.1) is 0 Å². The quantitative estimate of drug-likeness (QED) is 0.779. The zero-order valence-corrected chi connectivity index (χ0v) is 13.4. The van der Waals surface area contributed by atoms with Gasteiger partial charge in [0.1, 0.15) is 11.8 Å². The highest BCUT2D eigenvalue weighted by Gasteiger charge is 2.21. The van der Waals surface area contributed by atoms with Crippen molar-refractivity contribution in [2.24, 2.45) is 7.05 Å². The lowest BCUT2D eigenvalue weighted by atomic mass is 10.1. The first kappa shape index (κ1) is 15.1. The summed E-state index contributed by atoms with van der Waals surface area (Å²) in [5.74, 6) is 0.602. The first-order chi connectivity index (χ1) is 11.1. The predicted octanol–water partition coefficient (Wildman–Crippen LogP) is 1.85. The van der Waals surface area contributed by atoms with E-state index in [0.717, 1.165) is 17.1 Å². The van der Waals surface area contributed by atoms with Crippen LogP contribution in [0.2, 0.25) is 0 Å². The number of nitrogens with one attached hydrogen (secondary N) is 1. The van der Waals surface area contributed by atoms with Crippen LogP contribution in [0.25, 0.3) is 0 Å². The zero-order valence-electron chi connectivity index (χ0n) is 13.4. The second-order valence-corrected chi connectivity index (χ2v) is 5.40. The van der Waals surface area contributed by atoms with Gasteiger partial charge in [-0.2, -0.15) is 10.2 Å². The molecule has 0 aliphatic carbocycles. The van der Waals surface area contributed by atoms with E-state index in [1.807, 2.05) is 45.3 Å². The second kappa shape index (κ2) is 6.12. The number of nitrogens with zero attached hydrogens (tertiary/aromatic N) is 4. The molecule has 0 bridgehead atoms. The van der Waals surface area contributed by atoms with E-state index in [2.05, 4.69) is 15.5 Å². The average molecular weight is 313 g/mol. The lowest BCUT2D eigenvalue weighted by molar-refractivity contribution is 0.0946. The molecule has 0 saturated carbocycles. The molecule has 7 nitrogen and oxygen atoms in total. The van der Waals surface area contributed by atoms with E-state index in [4.69, 9.17) is 4.42 Å². The van der Waals surface area contributed by atoms with Crippen molar-refractivity contribution in [3.8, 4) is 0 Å². The van der Waals surface area contributed by atoms with E-state index in [-0.39, 0.29) is 11.9 Å². The molecule has 23 heavy (non-hydrogen) atoms. The third kappa shape index (κ3) is 2.90. The normalized spacial score (nSPS) is 12.3. The van der Waals surface area contributed by atoms with Crippen LogP contribution in [0.5, 0.6) is 0 Å². The molecule has 1 atom stereocenters. The van der Waals surface area contributed by atoms with Crippen LogP contribution in [-0.2, 0) is 7.05 Å². The molecule has 1 N–H and O–H groups in total. The molecular weight excluding hydrogens is 294 g/mol. The van der Waals surface area contributed by atoms with Gasteiger partial charge in [-0.05, 0) is 32.0 Å². The van der Waals surface area contributed by atoms with Gasteiger partial charge in [-0.1, -0.05) is 0 Å². The summed E-state index contributed by atoms with van der Waals surface area (Å²) in [6, 6.07) is 5.34. The smallest absolute Gasteiger partial charge is 0.255 e. The molecule has 3 rings (SSSR count). The summed E-state index contributed by atoms with van der Waals surface area (Å²) < 4.78 is 8.96. The fourth-order valence-electron chi connectivity index (χ4n) is 2.65. The summed E-state index contributed by atoms with van der Waals surface area (Å²) in [7, 11) is 1.83. The Labute approximate surface area is 133 Å². The van der Waals surface area contributed by atoms with Gasteiger partial charge in [0.15, 0.2) is 0 Å². The Morgan fingerprint density at radius 3 is 2.78 bits per heavy atom. The van der Waals surface area contributed by atoms with Crippen LogP contribution >= 0.6 is 0 Å². The molecule has 0 spiro atoms. The first-order valence-corrected chi connectivity index (χ1v) is 7.39. The number of furan rings is 1. The molecule has 0 fully saturated rings. The Morgan fingerprint density at radius 1 is 1.39 bits per heavy atom. The fourth-order valence-corrected chi connectivity index (χ4v) is 2.65. The lowest BCUT2D eigenvalue weighted by Crippen LogP contribution is -2.32. The fraction of sp³-hybridized carbons (Fsp3) is 0.312. The number of carbonyl (C=O) groups excluding carboxylic acids is 1. The van der Waals surface area contributed by atoms with E-state index in [9.17, 15) is 4.79 Å². The third-order valence-electron chi connectivity index (χ3n) is 3.91. The first-order valence-electron chi connectivity index (χ1n) is 7.39. The highest BCUT2D eigenvalue weighted by atomic mass is 16.3. The third-order valence-corrected chi connectivity index (χ3v) is 3.91. The summed E-state index contributed by atoms with van der Waals surface area (Å²) in [5.41, 5.74) is 2.18. The molecule has 7 heteroatoms. The molecule has 1 amide bonds. The number of hydrogen-bond acceptors (Lipinski definition) is 4. The van der Waals surface area contributed by atoms with Crippen molar-refractivity contribution in [2.75, 3.05) is 6.54 Å². The summed E-state index contributed by atoms with van der Waals surface area (Å²) >= 11 is 0. The SMILES string of the molecule is Cc1nn(C)c(C)c1C(=O)NC[C@@H](c1ccco1)n1cccn1. The van der Waals surface area contributed by atoms with Crippen LogP contribution in [0.1, 0.15) is 33.5 Å². The van der Waals surface area contributed by atoms with E-state index in [1.54, 1.807) is 21.8 Å². The van der Waals surface area contributed by atoms with Crippen molar-refractivity contribution in [3.05, 3.63) is 59.6 Å². The molecule has 120 valence electrons. The molecule has 3 aromatic rings. The summed E-state index contributed by atoms with van der Waals surface area (Å²) in [6.07, 6.45) is 5.16. The minimum atomic E-state index is -0.193. The van der Waals surface area contributed by atoms with E-state index in [1.165, 1.54) is 0 Å². The number of aromatic nitrogens is 4. The number of amides is 1. The topological polar surface area (TPSA) is 77.9 Å². The highest BCUT2D eigenvalue weighted by Crippen LogP contribution is 2.18. The average Bonchev–Trinajstić information content (AvgIpc) is 3.24. The zero-order chi connectivity index (χ0) is 16.4. The standard InChI is InChI=1S/C16H19N5O2/c1-11-15(12(2)20(3)19-11)16(22)17-10-13(14-6-4-9-23-14)21-8-5-7-18-21/h4-9,13H,10H2,1-3H3,(H,17,22)/t13-/m0/s1. The van der Waals surface area contributed by atoms with E-state index in [0.29, 0.717) is 12.1 Å². The van der Waals surface area contributed by atoms with Crippen molar-refractivity contribution in [1.29, 1.82) is 0 Å². The minimum Gasteiger partial charge on any atom is -0.467 e. The molecule has 0 saturated heterocycles. The summed E-state index contributed by atoms with van der Waals surface area (Å²) in [4.78, 5) is 12.5. The van der Waals surface area contributed by atoms with Crippen LogP contribution in [0.4, 0.5) is 0 Å². The lowest BCUT2D eigenvalue weighted by Gasteiger charge is -2.16. The van der Waals surface area contributed by atoms with Crippen molar-refractivity contribution < 1.29 is 9.21 Å². The Bertz CT molecular complexity index is 753. The molecule has 0 aliphatic rings. The van der Waals surface area contributed by atoms with Gasteiger partial charge in [-0.25, -0.2) is 0 Å². The van der Waals surface area contributed by atoms with Gasteiger partial charge in [-0.3, -0.25) is 14.2 Å². The maximum atomic E-state index is 12.5. The van der Waals surface area contributed by atoms with Gasteiger partial charge < -0.3 is 9.73 Å². The van der Waals surface area contributed by atoms with E-state index >= 15 is 0 Å². The van der Waals surface area contributed by atoms with Gasteiger partial charge in [0.05, 0.1) is 17.5 Å². The van der Waals surface area contributed by atoms with E-state index < -0.39 is 0 Å². The largest absolute Gasteiger partial charge is 0.467 e. The van der Waals surface area contributed by atoms with Crippen molar-refractivity contribution in [2.45, 2.75) is 19.9 Å². The summed E-state index contributed by atoms with van der Waals surface area (Å²) in [5, 5.41) is 11.5. The minimum absolute atomic E-state index is 0.142. The molecule has 0 unspecified atom stereocenters. The number of aryl methyl sites for hydroxylation is 2. The van der Waals surface area contributed by atoms with Crippen LogP contribution in [0.15, 0.2) is 41.3 Å². The van der Waals surface area contributed by atoms with Gasteiger partial charge >= 0.3 is 0 Å². The Balaban J connectivity index is 1.78. The molecule has 0 aliphatic heterocycles. The Morgan fingerprint density at radius 2 is 2.22 bits per heavy atom. The van der Waals surface area contributed by atoms with Crippen molar-refractivity contribution in [1.82, 2.24) is 24.9 Å². The molecule has 3 aromatic heterocycles. The van der Waals surface area contributed by atoms with Gasteiger partial charge in [0.2, 0.25) is 0 Å². The maximum Gasteiger partial charge on any atom is 0.255 e. The van der Waals surface area contributed by atoms with Crippen molar-refractivity contribution >= 4 is 5.91 Å². The predicted molar refractivity (Wildman–Crippen MR) is 84.1 cm³/mol. The molecule has 0 aromatic carbocycles.